The SMILES string of the molecule is CCC1CCCCC1(O)N1CCNCC1. The average molecular weight is 212 g/mol. The van der Waals surface area contributed by atoms with Gasteiger partial charge in [0.1, 0.15) is 5.72 Å². The molecule has 88 valence electrons. The highest BCUT2D eigenvalue weighted by atomic mass is 16.3. The van der Waals surface area contributed by atoms with E-state index < -0.39 is 5.72 Å². The van der Waals surface area contributed by atoms with Gasteiger partial charge < -0.3 is 10.4 Å². The first kappa shape index (κ1) is 11.4. The van der Waals surface area contributed by atoms with Crippen LogP contribution in [0.5, 0.6) is 0 Å². The summed E-state index contributed by atoms with van der Waals surface area (Å²) in [6.07, 6.45) is 5.78. The Kier molecular flexibility index (Phi) is 3.65. The first-order valence-electron chi connectivity index (χ1n) is 6.45. The number of hydrogen-bond donors (Lipinski definition) is 2. The van der Waals surface area contributed by atoms with Gasteiger partial charge in [-0.1, -0.05) is 13.3 Å². The second-order valence-corrected chi connectivity index (χ2v) is 4.97. The molecule has 0 radical (unpaired) electrons. The minimum atomic E-state index is -0.491. The maximum Gasteiger partial charge on any atom is 0.121 e. The van der Waals surface area contributed by atoms with Crippen molar-refractivity contribution in [3.63, 3.8) is 0 Å². The number of rotatable bonds is 2. The predicted molar refractivity (Wildman–Crippen MR) is 61.6 cm³/mol. The van der Waals surface area contributed by atoms with Crippen LogP contribution < -0.4 is 5.32 Å². The van der Waals surface area contributed by atoms with Crippen LogP contribution >= 0.6 is 0 Å². The Balaban J connectivity index is 2.06. The average Bonchev–Trinajstić information content (AvgIpc) is 2.31. The third kappa shape index (κ3) is 2.19. The second kappa shape index (κ2) is 4.81. The van der Waals surface area contributed by atoms with E-state index in [9.17, 15) is 5.11 Å². The molecule has 2 unspecified atom stereocenters. The summed E-state index contributed by atoms with van der Waals surface area (Å²) in [6.45, 7) is 6.28. The van der Waals surface area contributed by atoms with E-state index in [1.165, 1.54) is 19.3 Å². The van der Waals surface area contributed by atoms with Gasteiger partial charge in [-0.05, 0) is 25.7 Å². The van der Waals surface area contributed by atoms with E-state index in [2.05, 4.69) is 17.1 Å². The van der Waals surface area contributed by atoms with Crippen molar-refractivity contribution in [3.8, 4) is 0 Å². The van der Waals surface area contributed by atoms with E-state index in [0.29, 0.717) is 5.92 Å². The Hall–Kier alpha value is -0.120. The highest BCUT2D eigenvalue weighted by Crippen LogP contribution is 2.38. The minimum absolute atomic E-state index is 0.490. The van der Waals surface area contributed by atoms with Crippen LogP contribution in [-0.4, -0.2) is 41.9 Å². The lowest BCUT2D eigenvalue weighted by molar-refractivity contribution is -0.173. The number of nitrogens with one attached hydrogen (secondary N) is 1. The lowest BCUT2D eigenvalue weighted by Crippen LogP contribution is -2.60. The van der Waals surface area contributed by atoms with Gasteiger partial charge in [-0.3, -0.25) is 4.90 Å². The van der Waals surface area contributed by atoms with Crippen molar-refractivity contribution in [3.05, 3.63) is 0 Å². The summed E-state index contributed by atoms with van der Waals surface area (Å²) >= 11 is 0. The van der Waals surface area contributed by atoms with Crippen molar-refractivity contribution < 1.29 is 5.11 Å². The number of piperazine rings is 1. The Morgan fingerprint density at radius 1 is 1.33 bits per heavy atom. The molecule has 0 bridgehead atoms. The van der Waals surface area contributed by atoms with Crippen LogP contribution in [0.4, 0.5) is 0 Å². The molecule has 2 atom stereocenters. The minimum Gasteiger partial charge on any atom is -0.375 e. The number of nitrogens with zero attached hydrogens (tertiary/aromatic N) is 1. The molecule has 15 heavy (non-hydrogen) atoms. The summed E-state index contributed by atoms with van der Waals surface area (Å²) in [6, 6.07) is 0. The van der Waals surface area contributed by atoms with Gasteiger partial charge >= 0.3 is 0 Å². The fourth-order valence-corrected chi connectivity index (χ4v) is 3.21. The van der Waals surface area contributed by atoms with Crippen molar-refractivity contribution in [1.29, 1.82) is 0 Å². The maximum absolute atomic E-state index is 10.9. The van der Waals surface area contributed by atoms with Crippen molar-refractivity contribution in [2.45, 2.75) is 44.8 Å². The van der Waals surface area contributed by atoms with Gasteiger partial charge in [0, 0.05) is 32.1 Å². The van der Waals surface area contributed by atoms with Gasteiger partial charge in [-0.15, -0.1) is 0 Å². The van der Waals surface area contributed by atoms with Gasteiger partial charge in [0.25, 0.3) is 0 Å². The van der Waals surface area contributed by atoms with Crippen molar-refractivity contribution >= 4 is 0 Å². The fraction of sp³-hybridized carbons (Fsp3) is 1.00. The molecule has 3 nitrogen and oxygen atoms in total. The zero-order valence-electron chi connectivity index (χ0n) is 9.84. The summed E-state index contributed by atoms with van der Waals surface area (Å²) in [4.78, 5) is 2.32. The van der Waals surface area contributed by atoms with Crippen LogP contribution in [0, 0.1) is 5.92 Å². The topological polar surface area (TPSA) is 35.5 Å². The van der Waals surface area contributed by atoms with Crippen LogP contribution in [0.2, 0.25) is 0 Å². The Labute approximate surface area is 92.8 Å². The smallest absolute Gasteiger partial charge is 0.121 e. The molecule has 1 saturated heterocycles. The van der Waals surface area contributed by atoms with E-state index in [4.69, 9.17) is 0 Å². The molecule has 2 rings (SSSR count). The fourth-order valence-electron chi connectivity index (χ4n) is 3.21. The molecule has 1 aliphatic carbocycles. The van der Waals surface area contributed by atoms with Gasteiger partial charge in [-0.25, -0.2) is 0 Å². The van der Waals surface area contributed by atoms with E-state index in [-0.39, 0.29) is 0 Å². The summed E-state index contributed by atoms with van der Waals surface area (Å²) in [5.41, 5.74) is -0.491. The molecule has 1 heterocycles. The van der Waals surface area contributed by atoms with Crippen LogP contribution in [0.25, 0.3) is 0 Å². The lowest BCUT2D eigenvalue weighted by Gasteiger charge is -2.49. The van der Waals surface area contributed by atoms with Crippen molar-refractivity contribution in [2.75, 3.05) is 26.2 Å². The van der Waals surface area contributed by atoms with Crippen molar-refractivity contribution in [1.82, 2.24) is 10.2 Å². The van der Waals surface area contributed by atoms with Crippen LogP contribution in [-0.2, 0) is 0 Å². The van der Waals surface area contributed by atoms with Gasteiger partial charge in [0.05, 0.1) is 0 Å². The summed E-state index contributed by atoms with van der Waals surface area (Å²) in [7, 11) is 0. The lowest BCUT2D eigenvalue weighted by atomic mass is 9.78. The summed E-state index contributed by atoms with van der Waals surface area (Å²) in [5, 5.41) is 14.2. The highest BCUT2D eigenvalue weighted by Gasteiger charge is 2.42. The standard InChI is InChI=1S/C12H24N2O/c1-2-11-5-3-4-6-12(11,15)14-9-7-13-8-10-14/h11,13,15H,2-10H2,1H3. The maximum atomic E-state index is 10.9. The van der Waals surface area contributed by atoms with Gasteiger partial charge in [0.15, 0.2) is 0 Å². The summed E-state index contributed by atoms with van der Waals surface area (Å²) in [5.74, 6) is 0.490. The van der Waals surface area contributed by atoms with E-state index in [0.717, 1.165) is 39.0 Å². The molecule has 2 fully saturated rings. The molecule has 0 aromatic heterocycles. The molecule has 0 aromatic carbocycles. The number of hydrogen-bond acceptors (Lipinski definition) is 3. The third-order valence-corrected chi connectivity index (χ3v) is 4.16. The molecule has 3 heteroatoms. The number of aliphatic hydroxyl groups is 1. The molecule has 2 aliphatic rings. The van der Waals surface area contributed by atoms with E-state index >= 15 is 0 Å². The zero-order valence-corrected chi connectivity index (χ0v) is 9.84. The van der Waals surface area contributed by atoms with Gasteiger partial charge in [-0.2, -0.15) is 0 Å². The molecular weight excluding hydrogens is 188 g/mol. The predicted octanol–water partition coefficient (Wildman–Crippen LogP) is 1.18. The molecular formula is C12H24N2O. The molecule has 2 N–H and O–H groups in total. The molecule has 1 saturated carbocycles. The first-order valence-corrected chi connectivity index (χ1v) is 6.45. The van der Waals surface area contributed by atoms with E-state index in [1.807, 2.05) is 0 Å². The van der Waals surface area contributed by atoms with E-state index in [1.54, 1.807) is 0 Å². The largest absolute Gasteiger partial charge is 0.375 e. The zero-order chi connectivity index (χ0) is 10.7. The van der Waals surface area contributed by atoms with Crippen LogP contribution in [0.1, 0.15) is 39.0 Å². The molecule has 1 aliphatic heterocycles. The normalized spacial score (nSPS) is 39.2. The Morgan fingerprint density at radius 3 is 2.73 bits per heavy atom. The molecule has 0 aromatic rings. The first-order chi connectivity index (χ1) is 7.27. The third-order valence-electron chi connectivity index (χ3n) is 4.16. The van der Waals surface area contributed by atoms with Gasteiger partial charge in [0.2, 0.25) is 0 Å². The molecule has 0 amide bonds. The monoisotopic (exact) mass is 212 g/mol. The van der Waals surface area contributed by atoms with Crippen LogP contribution in [0.3, 0.4) is 0 Å². The highest BCUT2D eigenvalue weighted by molar-refractivity contribution is 4.91. The van der Waals surface area contributed by atoms with Crippen molar-refractivity contribution in [2.24, 2.45) is 5.92 Å². The Bertz CT molecular complexity index is 204. The second-order valence-electron chi connectivity index (χ2n) is 4.97. The quantitative estimate of drug-likeness (QED) is 0.721. The summed E-state index contributed by atoms with van der Waals surface area (Å²) < 4.78 is 0. The van der Waals surface area contributed by atoms with Crippen LogP contribution in [0.15, 0.2) is 0 Å². The molecule has 0 spiro atoms. The Morgan fingerprint density at radius 2 is 2.07 bits per heavy atom.